The molecule has 0 unspecified atom stereocenters. The van der Waals surface area contributed by atoms with Crippen LogP contribution in [0.1, 0.15) is 12.8 Å². The van der Waals surface area contributed by atoms with Crippen LogP contribution in [-0.4, -0.2) is 17.5 Å². The summed E-state index contributed by atoms with van der Waals surface area (Å²) in [6.45, 7) is 0. The predicted molar refractivity (Wildman–Crippen MR) is 68.1 cm³/mol. The van der Waals surface area contributed by atoms with Crippen molar-refractivity contribution >= 4 is 33.4 Å². The minimum atomic E-state index is 0.662. The molecule has 2 rings (SSSR count). The molecular weight excluding hydrogens is 258 g/mol. The van der Waals surface area contributed by atoms with E-state index in [4.69, 9.17) is 0 Å². The van der Waals surface area contributed by atoms with Crippen LogP contribution in [0.2, 0.25) is 0 Å². The van der Waals surface area contributed by atoms with Crippen molar-refractivity contribution in [3.8, 4) is 0 Å². The summed E-state index contributed by atoms with van der Waals surface area (Å²) in [6.07, 6.45) is 2.65. The first-order valence-corrected chi connectivity index (χ1v) is 6.89. The average molecular weight is 272 g/mol. The van der Waals surface area contributed by atoms with Gasteiger partial charge in [-0.25, -0.2) is 0 Å². The number of benzene rings is 1. The molecule has 1 atom stereocenters. The molecule has 1 aromatic rings. The summed E-state index contributed by atoms with van der Waals surface area (Å²) in [5.41, 5.74) is 1.24. The fourth-order valence-corrected chi connectivity index (χ4v) is 2.97. The van der Waals surface area contributed by atoms with Crippen molar-refractivity contribution in [2.45, 2.75) is 18.9 Å². The zero-order valence-corrected chi connectivity index (χ0v) is 10.4. The van der Waals surface area contributed by atoms with Crippen LogP contribution in [0.5, 0.6) is 0 Å². The van der Waals surface area contributed by atoms with E-state index in [0.717, 1.165) is 4.47 Å². The summed E-state index contributed by atoms with van der Waals surface area (Å²) in [6, 6.07) is 9.08. The van der Waals surface area contributed by atoms with Crippen molar-refractivity contribution in [3.05, 3.63) is 28.7 Å². The van der Waals surface area contributed by atoms with Crippen molar-refractivity contribution in [2.75, 3.05) is 16.8 Å². The van der Waals surface area contributed by atoms with E-state index >= 15 is 0 Å². The van der Waals surface area contributed by atoms with Gasteiger partial charge in [0.1, 0.15) is 0 Å². The molecule has 3 heteroatoms. The third-order valence-electron chi connectivity index (χ3n) is 2.38. The van der Waals surface area contributed by atoms with E-state index < -0.39 is 0 Å². The standard InChI is InChI=1S/C11H14BrNS/c12-9-3-5-10(6-4-9)13-11-2-1-7-14-8-11/h3-6,11,13H,1-2,7-8H2/t11-/m1/s1. The predicted octanol–water partition coefficient (Wildman–Crippen LogP) is 3.76. The molecule has 76 valence electrons. The minimum Gasteiger partial charge on any atom is -0.381 e. The molecule has 0 radical (unpaired) electrons. The normalized spacial score (nSPS) is 21.9. The molecule has 14 heavy (non-hydrogen) atoms. The second-order valence-electron chi connectivity index (χ2n) is 3.57. The Morgan fingerprint density at radius 1 is 1.29 bits per heavy atom. The van der Waals surface area contributed by atoms with Gasteiger partial charge >= 0.3 is 0 Å². The lowest BCUT2D eigenvalue weighted by Gasteiger charge is -2.23. The molecule has 1 aliphatic heterocycles. The van der Waals surface area contributed by atoms with Gasteiger partial charge < -0.3 is 5.32 Å². The molecule has 1 fully saturated rings. The van der Waals surface area contributed by atoms with Crippen LogP contribution in [0.3, 0.4) is 0 Å². The van der Waals surface area contributed by atoms with E-state index in [1.165, 1.54) is 30.0 Å². The fraction of sp³-hybridized carbons (Fsp3) is 0.455. The van der Waals surface area contributed by atoms with Crippen molar-refractivity contribution in [1.29, 1.82) is 0 Å². The van der Waals surface area contributed by atoms with Crippen LogP contribution >= 0.6 is 27.7 Å². The molecule has 1 aliphatic rings. The van der Waals surface area contributed by atoms with E-state index in [1.54, 1.807) is 0 Å². The van der Waals surface area contributed by atoms with Crippen molar-refractivity contribution in [3.63, 3.8) is 0 Å². The van der Waals surface area contributed by atoms with Crippen molar-refractivity contribution < 1.29 is 0 Å². The van der Waals surface area contributed by atoms with Gasteiger partial charge in [-0.05, 0) is 42.9 Å². The first kappa shape index (κ1) is 10.4. The Hall–Kier alpha value is -0.150. The third-order valence-corrected chi connectivity index (χ3v) is 4.12. The molecule has 0 aromatic heterocycles. The maximum Gasteiger partial charge on any atom is 0.0352 e. The van der Waals surface area contributed by atoms with Gasteiger partial charge in [0, 0.05) is 22.0 Å². The molecule has 0 bridgehead atoms. The molecular formula is C11H14BrNS. The van der Waals surface area contributed by atoms with Crippen LogP contribution < -0.4 is 5.32 Å². The van der Waals surface area contributed by atoms with Crippen LogP contribution in [0.15, 0.2) is 28.7 Å². The minimum absolute atomic E-state index is 0.662. The lowest BCUT2D eigenvalue weighted by atomic mass is 10.2. The quantitative estimate of drug-likeness (QED) is 0.879. The Morgan fingerprint density at radius 3 is 2.71 bits per heavy atom. The molecule has 1 saturated heterocycles. The number of halogens is 1. The zero-order valence-electron chi connectivity index (χ0n) is 8.00. The second-order valence-corrected chi connectivity index (χ2v) is 5.63. The Bertz CT molecular complexity index is 280. The zero-order chi connectivity index (χ0) is 9.80. The molecule has 0 aliphatic carbocycles. The summed E-state index contributed by atoms with van der Waals surface area (Å²) < 4.78 is 1.14. The van der Waals surface area contributed by atoms with Gasteiger partial charge in [0.2, 0.25) is 0 Å². The Kier molecular flexibility index (Phi) is 3.76. The maximum absolute atomic E-state index is 3.57. The summed E-state index contributed by atoms with van der Waals surface area (Å²) in [7, 11) is 0. The second kappa shape index (κ2) is 5.08. The van der Waals surface area contributed by atoms with Crippen LogP contribution in [0.25, 0.3) is 0 Å². The highest BCUT2D eigenvalue weighted by molar-refractivity contribution is 9.10. The highest BCUT2D eigenvalue weighted by Crippen LogP contribution is 2.21. The van der Waals surface area contributed by atoms with Gasteiger partial charge in [-0.2, -0.15) is 11.8 Å². The smallest absolute Gasteiger partial charge is 0.0352 e. The van der Waals surface area contributed by atoms with E-state index in [-0.39, 0.29) is 0 Å². The average Bonchev–Trinajstić information content (AvgIpc) is 2.23. The number of hydrogen-bond acceptors (Lipinski definition) is 2. The van der Waals surface area contributed by atoms with Gasteiger partial charge in [-0.1, -0.05) is 15.9 Å². The van der Waals surface area contributed by atoms with Gasteiger partial charge in [0.25, 0.3) is 0 Å². The third kappa shape index (κ3) is 2.92. The van der Waals surface area contributed by atoms with E-state index in [0.29, 0.717) is 6.04 Å². The SMILES string of the molecule is Brc1ccc(N[C@@H]2CCCSC2)cc1. The lowest BCUT2D eigenvalue weighted by Crippen LogP contribution is -2.25. The summed E-state index contributed by atoms with van der Waals surface area (Å²) in [5.74, 6) is 2.58. The Morgan fingerprint density at radius 2 is 2.07 bits per heavy atom. The molecule has 0 saturated carbocycles. The number of thioether (sulfide) groups is 1. The highest BCUT2D eigenvalue weighted by Gasteiger charge is 2.12. The number of hydrogen-bond donors (Lipinski definition) is 1. The largest absolute Gasteiger partial charge is 0.381 e. The van der Waals surface area contributed by atoms with Crippen molar-refractivity contribution in [2.24, 2.45) is 0 Å². The summed E-state index contributed by atoms with van der Waals surface area (Å²) in [4.78, 5) is 0. The molecule has 0 spiro atoms. The summed E-state index contributed by atoms with van der Waals surface area (Å²) in [5, 5.41) is 3.57. The number of anilines is 1. The Balaban J connectivity index is 1.92. The summed E-state index contributed by atoms with van der Waals surface area (Å²) >= 11 is 5.49. The van der Waals surface area contributed by atoms with Crippen molar-refractivity contribution in [1.82, 2.24) is 0 Å². The van der Waals surface area contributed by atoms with Crippen LogP contribution in [0.4, 0.5) is 5.69 Å². The molecule has 1 N–H and O–H groups in total. The van der Waals surface area contributed by atoms with Gasteiger partial charge in [0.05, 0.1) is 0 Å². The fourth-order valence-electron chi connectivity index (χ4n) is 1.64. The molecule has 1 heterocycles. The van der Waals surface area contributed by atoms with E-state index in [9.17, 15) is 0 Å². The first-order valence-electron chi connectivity index (χ1n) is 4.94. The topological polar surface area (TPSA) is 12.0 Å². The molecule has 1 nitrogen and oxygen atoms in total. The first-order chi connectivity index (χ1) is 6.84. The Labute approximate surface area is 97.8 Å². The lowest BCUT2D eigenvalue weighted by molar-refractivity contribution is 0.685. The highest BCUT2D eigenvalue weighted by atomic mass is 79.9. The van der Waals surface area contributed by atoms with E-state index in [1.807, 2.05) is 0 Å². The number of rotatable bonds is 2. The molecule has 0 amide bonds. The van der Waals surface area contributed by atoms with Crippen LogP contribution in [-0.2, 0) is 0 Å². The van der Waals surface area contributed by atoms with Gasteiger partial charge in [-0.3, -0.25) is 0 Å². The van der Waals surface area contributed by atoms with Gasteiger partial charge in [-0.15, -0.1) is 0 Å². The maximum atomic E-state index is 3.57. The van der Waals surface area contributed by atoms with Gasteiger partial charge in [0.15, 0.2) is 0 Å². The monoisotopic (exact) mass is 271 g/mol. The van der Waals surface area contributed by atoms with E-state index in [2.05, 4.69) is 57.3 Å². The van der Waals surface area contributed by atoms with Crippen LogP contribution in [0, 0.1) is 0 Å². The molecule has 1 aromatic carbocycles. The number of nitrogens with one attached hydrogen (secondary N) is 1.